The number of carboxylic acid groups (broad SMARTS) is 1. The molecule has 17 heavy (non-hydrogen) atoms. The van der Waals surface area contributed by atoms with Crippen molar-refractivity contribution in [3.8, 4) is 11.1 Å². The van der Waals surface area contributed by atoms with Crippen molar-refractivity contribution in [1.82, 2.24) is 4.98 Å². The highest BCUT2D eigenvalue weighted by Gasteiger charge is 2.06. The maximum atomic E-state index is 10.8. The van der Waals surface area contributed by atoms with E-state index in [1.165, 1.54) is 12.3 Å². The van der Waals surface area contributed by atoms with E-state index in [0.717, 1.165) is 16.7 Å². The molecule has 0 aliphatic carbocycles. The van der Waals surface area contributed by atoms with E-state index >= 15 is 0 Å². The third-order valence-electron chi connectivity index (χ3n) is 2.45. The van der Waals surface area contributed by atoms with Gasteiger partial charge in [0.25, 0.3) is 0 Å². The number of aliphatic hydroxyl groups excluding tert-OH is 1. The predicted molar refractivity (Wildman–Crippen MR) is 62.6 cm³/mol. The molecule has 0 aliphatic heterocycles. The summed E-state index contributed by atoms with van der Waals surface area (Å²) >= 11 is 0. The lowest BCUT2D eigenvalue weighted by molar-refractivity contribution is 0.0690. The summed E-state index contributed by atoms with van der Waals surface area (Å²) in [5, 5.41) is 17.8. The van der Waals surface area contributed by atoms with Gasteiger partial charge in [-0.05, 0) is 28.8 Å². The summed E-state index contributed by atoms with van der Waals surface area (Å²) in [5.74, 6) is -1.04. The minimum absolute atomic E-state index is 0.00298. The van der Waals surface area contributed by atoms with Crippen LogP contribution in [-0.2, 0) is 6.61 Å². The summed E-state index contributed by atoms with van der Waals surface area (Å²) in [5.41, 5.74) is 2.53. The zero-order chi connectivity index (χ0) is 12.3. The first kappa shape index (κ1) is 11.3. The second-order valence-corrected chi connectivity index (χ2v) is 3.59. The number of pyridine rings is 1. The third kappa shape index (κ3) is 2.49. The number of hydrogen-bond acceptors (Lipinski definition) is 3. The van der Waals surface area contributed by atoms with Crippen LogP contribution < -0.4 is 0 Å². The fourth-order valence-electron chi connectivity index (χ4n) is 1.53. The topological polar surface area (TPSA) is 70.4 Å². The van der Waals surface area contributed by atoms with Crippen molar-refractivity contribution in [3.63, 3.8) is 0 Å². The number of nitrogens with zero attached hydrogens (tertiary/aromatic N) is 1. The van der Waals surface area contributed by atoms with Crippen LogP contribution in [0, 0.1) is 0 Å². The number of aromatic nitrogens is 1. The smallest absolute Gasteiger partial charge is 0.354 e. The first-order valence-electron chi connectivity index (χ1n) is 5.10. The van der Waals surface area contributed by atoms with Crippen LogP contribution >= 0.6 is 0 Å². The van der Waals surface area contributed by atoms with E-state index in [9.17, 15) is 4.79 Å². The lowest BCUT2D eigenvalue weighted by Gasteiger charge is -2.03. The van der Waals surface area contributed by atoms with Crippen LogP contribution in [0.4, 0.5) is 0 Å². The maximum Gasteiger partial charge on any atom is 0.354 e. The van der Waals surface area contributed by atoms with E-state index in [1.807, 2.05) is 12.1 Å². The number of hydrogen-bond donors (Lipinski definition) is 2. The largest absolute Gasteiger partial charge is 0.477 e. The number of carbonyl (C=O) groups is 1. The Bertz CT molecular complexity index is 535. The first-order valence-corrected chi connectivity index (χ1v) is 5.10. The SMILES string of the molecule is O=C(O)c1cc(-c2ccc(CO)cc2)ccn1. The summed E-state index contributed by atoms with van der Waals surface area (Å²) in [4.78, 5) is 14.5. The van der Waals surface area contributed by atoms with E-state index < -0.39 is 5.97 Å². The molecule has 0 bridgehead atoms. The van der Waals surface area contributed by atoms with Crippen molar-refractivity contribution in [2.24, 2.45) is 0 Å². The Morgan fingerprint density at radius 2 is 1.82 bits per heavy atom. The van der Waals surface area contributed by atoms with E-state index in [1.54, 1.807) is 18.2 Å². The van der Waals surface area contributed by atoms with Crippen molar-refractivity contribution in [3.05, 3.63) is 53.9 Å². The van der Waals surface area contributed by atoms with Crippen LogP contribution in [0.15, 0.2) is 42.6 Å². The molecule has 2 aromatic rings. The van der Waals surface area contributed by atoms with Crippen LogP contribution in [0.25, 0.3) is 11.1 Å². The normalized spacial score (nSPS) is 10.2. The van der Waals surface area contributed by atoms with E-state index in [2.05, 4.69) is 4.98 Å². The van der Waals surface area contributed by atoms with Crippen LogP contribution in [-0.4, -0.2) is 21.2 Å². The molecule has 0 fully saturated rings. The minimum atomic E-state index is -1.04. The monoisotopic (exact) mass is 229 g/mol. The van der Waals surface area contributed by atoms with Gasteiger partial charge in [-0.3, -0.25) is 0 Å². The summed E-state index contributed by atoms with van der Waals surface area (Å²) in [6, 6.07) is 10.6. The molecular formula is C13H11NO3. The average Bonchev–Trinajstić information content (AvgIpc) is 2.39. The molecule has 0 radical (unpaired) electrons. The lowest BCUT2D eigenvalue weighted by Crippen LogP contribution is -1.99. The van der Waals surface area contributed by atoms with Gasteiger partial charge in [-0.25, -0.2) is 9.78 Å². The Labute approximate surface area is 98.2 Å². The van der Waals surface area contributed by atoms with E-state index in [4.69, 9.17) is 10.2 Å². The average molecular weight is 229 g/mol. The van der Waals surface area contributed by atoms with Gasteiger partial charge in [0.2, 0.25) is 0 Å². The summed E-state index contributed by atoms with van der Waals surface area (Å²) in [6.07, 6.45) is 1.47. The Hall–Kier alpha value is -2.20. The first-order chi connectivity index (χ1) is 8.20. The summed E-state index contributed by atoms with van der Waals surface area (Å²) < 4.78 is 0. The van der Waals surface area contributed by atoms with E-state index in [-0.39, 0.29) is 12.3 Å². The highest BCUT2D eigenvalue weighted by Crippen LogP contribution is 2.20. The van der Waals surface area contributed by atoms with E-state index in [0.29, 0.717) is 0 Å². The third-order valence-corrected chi connectivity index (χ3v) is 2.45. The van der Waals surface area contributed by atoms with Crippen LogP contribution in [0.1, 0.15) is 16.1 Å². The number of benzene rings is 1. The molecule has 86 valence electrons. The Balaban J connectivity index is 2.38. The highest BCUT2D eigenvalue weighted by molar-refractivity contribution is 5.87. The molecule has 0 aliphatic rings. The second kappa shape index (κ2) is 4.76. The van der Waals surface area contributed by atoms with Gasteiger partial charge in [0, 0.05) is 6.20 Å². The van der Waals surface area contributed by atoms with Crippen molar-refractivity contribution >= 4 is 5.97 Å². The fraction of sp³-hybridized carbons (Fsp3) is 0.0769. The van der Waals surface area contributed by atoms with Crippen molar-refractivity contribution in [2.75, 3.05) is 0 Å². The quantitative estimate of drug-likeness (QED) is 0.843. The molecular weight excluding hydrogens is 218 g/mol. The molecule has 0 atom stereocenters. The molecule has 1 heterocycles. The molecule has 4 nitrogen and oxygen atoms in total. The van der Waals surface area contributed by atoms with Crippen molar-refractivity contribution in [2.45, 2.75) is 6.61 Å². The molecule has 0 saturated carbocycles. The van der Waals surface area contributed by atoms with Gasteiger partial charge in [0.15, 0.2) is 0 Å². The molecule has 4 heteroatoms. The van der Waals surface area contributed by atoms with Gasteiger partial charge in [0.1, 0.15) is 5.69 Å². The van der Waals surface area contributed by atoms with Gasteiger partial charge in [-0.15, -0.1) is 0 Å². The van der Waals surface area contributed by atoms with Gasteiger partial charge in [0.05, 0.1) is 6.61 Å². The van der Waals surface area contributed by atoms with Gasteiger partial charge >= 0.3 is 5.97 Å². The summed E-state index contributed by atoms with van der Waals surface area (Å²) in [6.45, 7) is -0.00298. The second-order valence-electron chi connectivity index (χ2n) is 3.59. The molecule has 2 N–H and O–H groups in total. The number of carboxylic acids is 1. The Morgan fingerprint density at radius 3 is 2.41 bits per heavy atom. The molecule has 0 amide bonds. The fourth-order valence-corrected chi connectivity index (χ4v) is 1.53. The Kier molecular flexibility index (Phi) is 3.16. The molecule has 0 unspecified atom stereocenters. The number of aromatic carboxylic acids is 1. The van der Waals surface area contributed by atoms with Gasteiger partial charge in [-0.1, -0.05) is 24.3 Å². The minimum Gasteiger partial charge on any atom is -0.477 e. The lowest BCUT2D eigenvalue weighted by atomic mass is 10.0. The van der Waals surface area contributed by atoms with Crippen LogP contribution in [0.5, 0.6) is 0 Å². The molecule has 2 rings (SSSR count). The molecule has 1 aromatic carbocycles. The van der Waals surface area contributed by atoms with Gasteiger partial charge < -0.3 is 10.2 Å². The van der Waals surface area contributed by atoms with Crippen LogP contribution in [0.2, 0.25) is 0 Å². The van der Waals surface area contributed by atoms with Crippen molar-refractivity contribution < 1.29 is 15.0 Å². The predicted octanol–water partition coefficient (Wildman–Crippen LogP) is 1.94. The van der Waals surface area contributed by atoms with Gasteiger partial charge in [-0.2, -0.15) is 0 Å². The maximum absolute atomic E-state index is 10.8. The molecule has 0 spiro atoms. The van der Waals surface area contributed by atoms with Crippen molar-refractivity contribution in [1.29, 1.82) is 0 Å². The molecule has 0 saturated heterocycles. The van der Waals surface area contributed by atoms with Crippen LogP contribution in [0.3, 0.4) is 0 Å². The molecule has 1 aromatic heterocycles. The standard InChI is InChI=1S/C13H11NO3/c15-8-9-1-3-10(4-2-9)11-5-6-14-12(7-11)13(16)17/h1-7,15H,8H2,(H,16,17). The zero-order valence-electron chi connectivity index (χ0n) is 9.00. The summed E-state index contributed by atoms with van der Waals surface area (Å²) in [7, 11) is 0. The Morgan fingerprint density at radius 1 is 1.12 bits per heavy atom. The number of rotatable bonds is 3. The number of aliphatic hydroxyl groups is 1. The highest BCUT2D eigenvalue weighted by atomic mass is 16.4. The zero-order valence-corrected chi connectivity index (χ0v) is 9.00.